The molecule has 1 spiro atoms. The highest BCUT2D eigenvalue weighted by atomic mass is 16.5. The average molecular weight is 415 g/mol. The Morgan fingerprint density at radius 2 is 1.90 bits per heavy atom. The summed E-state index contributed by atoms with van der Waals surface area (Å²) >= 11 is 0. The molecule has 4 amide bonds. The van der Waals surface area contributed by atoms with Crippen molar-refractivity contribution in [3.63, 3.8) is 0 Å². The number of rotatable bonds is 5. The van der Waals surface area contributed by atoms with Gasteiger partial charge in [0.25, 0.3) is 5.91 Å². The first-order chi connectivity index (χ1) is 14.5. The van der Waals surface area contributed by atoms with Gasteiger partial charge in [0, 0.05) is 12.1 Å². The van der Waals surface area contributed by atoms with Gasteiger partial charge in [-0.1, -0.05) is 19.3 Å². The van der Waals surface area contributed by atoms with Gasteiger partial charge in [0.15, 0.2) is 0 Å². The zero-order chi connectivity index (χ0) is 21.3. The van der Waals surface area contributed by atoms with Gasteiger partial charge in [0.1, 0.15) is 23.6 Å². The van der Waals surface area contributed by atoms with Crippen molar-refractivity contribution >= 4 is 17.8 Å². The van der Waals surface area contributed by atoms with E-state index in [1.54, 1.807) is 19.1 Å². The minimum Gasteiger partial charge on any atom is -0.497 e. The second kappa shape index (κ2) is 8.16. The van der Waals surface area contributed by atoms with Crippen LogP contribution in [0.15, 0.2) is 18.2 Å². The molecule has 8 nitrogen and oxygen atoms in total. The summed E-state index contributed by atoms with van der Waals surface area (Å²) in [6.07, 6.45) is 5.84. The van der Waals surface area contributed by atoms with Crippen LogP contribution in [-0.2, 0) is 9.59 Å². The molecular weight excluding hydrogens is 386 g/mol. The number of hydrogen-bond donors (Lipinski definition) is 1. The smallest absolute Gasteiger partial charge is 0.325 e. The van der Waals surface area contributed by atoms with E-state index in [1.165, 1.54) is 0 Å². The molecule has 0 aromatic heterocycles. The number of nitrogens with zero attached hydrogens (tertiary/aromatic N) is 2. The Morgan fingerprint density at radius 3 is 2.60 bits per heavy atom. The number of likely N-dealkylation sites (tertiary alicyclic amines) is 1. The van der Waals surface area contributed by atoms with E-state index in [0.717, 1.165) is 42.6 Å². The van der Waals surface area contributed by atoms with Crippen molar-refractivity contribution in [2.45, 2.75) is 56.5 Å². The van der Waals surface area contributed by atoms with Crippen LogP contribution in [0.25, 0.3) is 0 Å². The Balaban J connectivity index is 1.52. The largest absolute Gasteiger partial charge is 0.497 e. The molecule has 2 heterocycles. The number of benzene rings is 1. The maximum absolute atomic E-state index is 13.2. The predicted octanol–water partition coefficient (Wildman–Crippen LogP) is 2.62. The number of carbonyl (C=O) groups is 3. The van der Waals surface area contributed by atoms with Crippen LogP contribution in [0.5, 0.6) is 11.5 Å². The van der Waals surface area contributed by atoms with Crippen molar-refractivity contribution in [1.82, 2.24) is 15.1 Å². The van der Waals surface area contributed by atoms with Gasteiger partial charge in [0.05, 0.1) is 20.3 Å². The van der Waals surface area contributed by atoms with Crippen LogP contribution in [0.2, 0.25) is 0 Å². The number of amides is 4. The number of methoxy groups -OCH3 is 2. The molecule has 4 rings (SSSR count). The van der Waals surface area contributed by atoms with Gasteiger partial charge in [0.2, 0.25) is 5.91 Å². The Bertz CT molecular complexity index is 849. The number of nitrogens with one attached hydrogen (secondary N) is 1. The van der Waals surface area contributed by atoms with Crippen molar-refractivity contribution in [2.75, 3.05) is 27.3 Å². The van der Waals surface area contributed by atoms with Gasteiger partial charge in [-0.3, -0.25) is 14.5 Å². The molecule has 1 saturated carbocycles. The molecule has 2 saturated heterocycles. The maximum Gasteiger partial charge on any atom is 0.325 e. The molecule has 30 heavy (non-hydrogen) atoms. The van der Waals surface area contributed by atoms with Crippen LogP contribution >= 0.6 is 0 Å². The monoisotopic (exact) mass is 415 g/mol. The van der Waals surface area contributed by atoms with E-state index in [1.807, 2.05) is 18.2 Å². The van der Waals surface area contributed by atoms with E-state index in [-0.39, 0.29) is 24.4 Å². The third-order valence-electron chi connectivity index (χ3n) is 6.62. The third kappa shape index (κ3) is 3.48. The highest BCUT2D eigenvalue weighted by Crippen LogP contribution is 2.39. The van der Waals surface area contributed by atoms with Crippen LogP contribution < -0.4 is 14.8 Å². The van der Waals surface area contributed by atoms with Gasteiger partial charge < -0.3 is 19.7 Å². The zero-order valence-corrected chi connectivity index (χ0v) is 17.6. The van der Waals surface area contributed by atoms with Crippen molar-refractivity contribution in [2.24, 2.45) is 0 Å². The van der Waals surface area contributed by atoms with Crippen molar-refractivity contribution in [3.05, 3.63) is 23.8 Å². The third-order valence-corrected chi connectivity index (χ3v) is 6.62. The quantitative estimate of drug-likeness (QED) is 0.747. The molecule has 3 aliphatic rings. The molecule has 0 unspecified atom stereocenters. The van der Waals surface area contributed by atoms with Gasteiger partial charge in [-0.05, 0) is 43.9 Å². The highest BCUT2D eigenvalue weighted by molar-refractivity contribution is 6.09. The summed E-state index contributed by atoms with van der Waals surface area (Å²) in [6, 6.07) is 4.91. The summed E-state index contributed by atoms with van der Waals surface area (Å²) in [7, 11) is 3.20. The second-order valence-electron chi connectivity index (χ2n) is 8.32. The normalized spacial score (nSPS) is 23.1. The molecule has 1 aromatic rings. The molecule has 0 bridgehead atoms. The number of imide groups is 1. The minimum absolute atomic E-state index is 0.174. The number of urea groups is 1. The fourth-order valence-electron chi connectivity index (χ4n) is 5.03. The lowest BCUT2D eigenvalue weighted by atomic mass is 9.82. The molecule has 1 aliphatic carbocycles. The highest BCUT2D eigenvalue weighted by Gasteiger charge is 2.52. The van der Waals surface area contributed by atoms with E-state index in [0.29, 0.717) is 30.9 Å². The Hall–Kier alpha value is -2.77. The van der Waals surface area contributed by atoms with E-state index in [4.69, 9.17) is 9.47 Å². The molecule has 162 valence electrons. The van der Waals surface area contributed by atoms with Crippen molar-refractivity contribution in [1.29, 1.82) is 0 Å². The number of carbonyl (C=O) groups excluding carboxylic acids is 3. The van der Waals surface area contributed by atoms with Crippen LogP contribution in [0.1, 0.15) is 56.6 Å². The first-order valence-corrected chi connectivity index (χ1v) is 10.6. The summed E-state index contributed by atoms with van der Waals surface area (Å²) in [6.45, 7) is 0.355. The van der Waals surface area contributed by atoms with Crippen LogP contribution in [-0.4, -0.2) is 60.5 Å². The lowest BCUT2D eigenvalue weighted by Gasteiger charge is -2.31. The van der Waals surface area contributed by atoms with Gasteiger partial charge >= 0.3 is 6.03 Å². The fraction of sp³-hybridized carbons (Fsp3) is 0.591. The fourth-order valence-corrected chi connectivity index (χ4v) is 5.03. The molecule has 1 N–H and O–H groups in total. The lowest BCUT2D eigenvalue weighted by Crippen LogP contribution is -2.49. The second-order valence-corrected chi connectivity index (χ2v) is 8.32. The Morgan fingerprint density at radius 1 is 1.13 bits per heavy atom. The molecule has 8 heteroatoms. The Labute approximate surface area is 176 Å². The molecular formula is C22H29N3O5. The van der Waals surface area contributed by atoms with E-state index >= 15 is 0 Å². The van der Waals surface area contributed by atoms with Gasteiger partial charge in [-0.2, -0.15) is 0 Å². The van der Waals surface area contributed by atoms with Crippen LogP contribution in [0.4, 0.5) is 4.79 Å². The molecule has 1 aromatic carbocycles. The van der Waals surface area contributed by atoms with Gasteiger partial charge in [-0.25, -0.2) is 4.79 Å². The first-order valence-electron chi connectivity index (χ1n) is 10.6. The standard InChI is InChI=1S/C22H29N3O5/c1-29-15-8-9-18(30-2)16(13-15)17-7-6-12-24(17)19(26)14-25-20(27)22(23-21(25)28)10-4-3-5-11-22/h8-9,13,17H,3-7,10-12,14H2,1-2H3,(H,23,28)/t17-/m0/s1. The number of hydrogen-bond acceptors (Lipinski definition) is 5. The first kappa shape index (κ1) is 20.5. The minimum atomic E-state index is -0.809. The molecule has 2 aliphatic heterocycles. The van der Waals surface area contributed by atoms with Crippen LogP contribution in [0.3, 0.4) is 0 Å². The van der Waals surface area contributed by atoms with E-state index in [9.17, 15) is 14.4 Å². The molecule has 0 radical (unpaired) electrons. The summed E-state index contributed by atoms with van der Waals surface area (Å²) in [5.74, 6) is 0.907. The van der Waals surface area contributed by atoms with E-state index < -0.39 is 11.6 Å². The molecule has 3 fully saturated rings. The summed E-state index contributed by atoms with van der Waals surface area (Å²) in [5.41, 5.74) is 0.0689. The predicted molar refractivity (Wildman–Crippen MR) is 109 cm³/mol. The SMILES string of the molecule is COc1ccc(OC)c([C@@H]2CCCN2C(=O)CN2C(=O)NC3(CCCCC3)C2=O)c1. The van der Waals surface area contributed by atoms with Crippen molar-refractivity contribution in [3.8, 4) is 11.5 Å². The Kier molecular flexibility index (Phi) is 5.58. The number of ether oxygens (including phenoxy) is 2. The molecule has 1 atom stereocenters. The maximum atomic E-state index is 13.2. The topological polar surface area (TPSA) is 88.2 Å². The zero-order valence-electron chi connectivity index (χ0n) is 17.6. The summed E-state index contributed by atoms with van der Waals surface area (Å²) < 4.78 is 10.9. The van der Waals surface area contributed by atoms with Crippen molar-refractivity contribution < 1.29 is 23.9 Å². The lowest BCUT2D eigenvalue weighted by molar-refractivity contribution is -0.140. The van der Waals surface area contributed by atoms with E-state index in [2.05, 4.69) is 5.32 Å². The summed E-state index contributed by atoms with van der Waals surface area (Å²) in [4.78, 5) is 41.6. The van der Waals surface area contributed by atoms with Gasteiger partial charge in [-0.15, -0.1) is 0 Å². The van der Waals surface area contributed by atoms with Crippen LogP contribution in [0, 0.1) is 0 Å². The average Bonchev–Trinajstić information content (AvgIpc) is 3.33. The summed E-state index contributed by atoms with van der Waals surface area (Å²) in [5, 5.41) is 2.87.